The molecular weight excluding hydrogens is 346 g/mol. The zero-order chi connectivity index (χ0) is 18.8. The van der Waals surface area contributed by atoms with Gasteiger partial charge in [0.15, 0.2) is 6.10 Å². The molecule has 2 saturated heterocycles. The minimum absolute atomic E-state index is 0.122. The second kappa shape index (κ2) is 8.02. The number of aromatic nitrogens is 1. The number of fused-ring (bicyclic) bond motifs is 1. The molecule has 0 spiro atoms. The number of pyridine rings is 1. The van der Waals surface area contributed by atoms with Crippen LogP contribution in [0.5, 0.6) is 5.75 Å². The number of aryl methyl sites for hydroxylation is 2. The van der Waals surface area contributed by atoms with E-state index in [1.807, 2.05) is 19.9 Å². The third-order valence-corrected chi connectivity index (χ3v) is 5.81. The molecule has 1 aliphatic carbocycles. The zero-order valence-corrected chi connectivity index (χ0v) is 16.1. The maximum atomic E-state index is 12.3. The van der Waals surface area contributed by atoms with Gasteiger partial charge in [-0.1, -0.05) is 19.3 Å². The molecule has 1 aromatic rings. The lowest BCUT2D eigenvalue weighted by Gasteiger charge is -2.24. The first-order chi connectivity index (χ1) is 13.1. The zero-order valence-electron chi connectivity index (χ0n) is 16.1. The molecule has 1 aromatic heterocycles. The minimum Gasteiger partial charge on any atom is -0.483 e. The first-order valence-corrected chi connectivity index (χ1v) is 10.0. The number of nitrogens with one attached hydrogen (secondary N) is 2. The van der Waals surface area contributed by atoms with Crippen LogP contribution in [0.4, 0.5) is 4.79 Å². The van der Waals surface area contributed by atoms with Gasteiger partial charge in [-0.2, -0.15) is 0 Å². The Kier molecular flexibility index (Phi) is 5.50. The number of rotatable bonds is 4. The summed E-state index contributed by atoms with van der Waals surface area (Å²) in [7, 11) is 0. The Balaban J connectivity index is 1.32. The molecule has 2 amide bonds. The summed E-state index contributed by atoms with van der Waals surface area (Å²) in [5.74, 6) is 0.793. The van der Waals surface area contributed by atoms with Gasteiger partial charge in [0, 0.05) is 12.2 Å². The fourth-order valence-corrected chi connectivity index (χ4v) is 4.34. The van der Waals surface area contributed by atoms with E-state index in [2.05, 4.69) is 15.6 Å². The van der Waals surface area contributed by atoms with Gasteiger partial charge in [-0.05, 0) is 38.3 Å². The first-order valence-electron chi connectivity index (χ1n) is 10.0. The van der Waals surface area contributed by atoms with Crippen molar-refractivity contribution in [2.45, 2.75) is 76.3 Å². The van der Waals surface area contributed by atoms with E-state index in [0.29, 0.717) is 13.2 Å². The first kappa shape index (κ1) is 18.5. The van der Waals surface area contributed by atoms with Crippen molar-refractivity contribution in [3.05, 3.63) is 23.5 Å². The molecule has 2 aliphatic heterocycles. The van der Waals surface area contributed by atoms with Crippen molar-refractivity contribution in [3.8, 4) is 5.75 Å². The molecule has 0 unspecified atom stereocenters. The highest BCUT2D eigenvalue weighted by Gasteiger charge is 2.49. The number of urea groups is 1. The standard InChI is InChI=1S/C20H29N3O4/c1-12-8-9-21-13(2)17(12)27-16-11-26-18-15(10-25-19(16)18)23-20(24)22-14-6-4-3-5-7-14/h8-9,14-16,18-19H,3-7,10-11H2,1-2H3,(H2,22,23,24)/t15-,16-,18+,19+/m0/s1. The Labute approximate surface area is 160 Å². The number of carbonyl (C=O) groups is 1. The predicted molar refractivity (Wildman–Crippen MR) is 99.9 cm³/mol. The fourth-order valence-electron chi connectivity index (χ4n) is 4.34. The summed E-state index contributed by atoms with van der Waals surface area (Å²) in [6.45, 7) is 4.83. The lowest BCUT2D eigenvalue weighted by Crippen LogP contribution is -2.51. The van der Waals surface area contributed by atoms with E-state index >= 15 is 0 Å². The fraction of sp³-hybridized carbons (Fsp3) is 0.700. The summed E-state index contributed by atoms with van der Waals surface area (Å²) >= 11 is 0. The van der Waals surface area contributed by atoms with Crippen molar-refractivity contribution >= 4 is 6.03 Å². The van der Waals surface area contributed by atoms with Crippen LogP contribution in [0.25, 0.3) is 0 Å². The third-order valence-electron chi connectivity index (χ3n) is 5.81. The lowest BCUT2D eigenvalue weighted by molar-refractivity contribution is 0.0296. The van der Waals surface area contributed by atoms with Crippen LogP contribution in [0.3, 0.4) is 0 Å². The largest absolute Gasteiger partial charge is 0.483 e. The summed E-state index contributed by atoms with van der Waals surface area (Å²) in [5.41, 5.74) is 1.91. The molecule has 7 nitrogen and oxygen atoms in total. The Morgan fingerprint density at radius 1 is 1.11 bits per heavy atom. The molecule has 0 radical (unpaired) electrons. The van der Waals surface area contributed by atoms with E-state index in [0.717, 1.165) is 29.8 Å². The Bertz CT molecular complexity index is 657. The van der Waals surface area contributed by atoms with Crippen molar-refractivity contribution in [2.75, 3.05) is 13.2 Å². The molecule has 0 bridgehead atoms. The van der Waals surface area contributed by atoms with Crippen LogP contribution < -0.4 is 15.4 Å². The van der Waals surface area contributed by atoms with Crippen LogP contribution in [-0.4, -0.2) is 54.6 Å². The van der Waals surface area contributed by atoms with E-state index in [1.54, 1.807) is 6.20 Å². The number of carbonyl (C=O) groups excluding carboxylic acids is 1. The lowest BCUT2D eigenvalue weighted by atomic mass is 9.96. The molecule has 4 atom stereocenters. The number of amides is 2. The summed E-state index contributed by atoms with van der Waals surface area (Å²) < 4.78 is 18.0. The highest BCUT2D eigenvalue weighted by atomic mass is 16.6. The average molecular weight is 375 g/mol. The maximum absolute atomic E-state index is 12.3. The molecule has 3 heterocycles. The van der Waals surface area contributed by atoms with E-state index in [9.17, 15) is 4.79 Å². The Morgan fingerprint density at radius 2 is 1.89 bits per heavy atom. The van der Waals surface area contributed by atoms with Crippen LogP contribution >= 0.6 is 0 Å². The molecule has 1 saturated carbocycles. The number of nitrogens with zero attached hydrogens (tertiary/aromatic N) is 1. The SMILES string of the molecule is Cc1ccnc(C)c1O[C@H]1CO[C@H]2[C@@H]1OC[C@@H]2NC(=O)NC1CCCCC1. The predicted octanol–water partition coefficient (Wildman–Crippen LogP) is 2.24. The van der Waals surface area contributed by atoms with Crippen LogP contribution in [0.1, 0.15) is 43.4 Å². The summed E-state index contributed by atoms with van der Waals surface area (Å²) in [6.07, 6.45) is 7.02. The van der Waals surface area contributed by atoms with Crippen molar-refractivity contribution in [2.24, 2.45) is 0 Å². The van der Waals surface area contributed by atoms with Gasteiger partial charge in [-0.15, -0.1) is 0 Å². The van der Waals surface area contributed by atoms with E-state index in [-0.39, 0.29) is 36.4 Å². The van der Waals surface area contributed by atoms with Crippen LogP contribution in [0.2, 0.25) is 0 Å². The van der Waals surface area contributed by atoms with Crippen molar-refractivity contribution < 1.29 is 19.0 Å². The molecule has 3 fully saturated rings. The molecular formula is C20H29N3O4. The summed E-state index contributed by atoms with van der Waals surface area (Å²) in [4.78, 5) is 16.7. The number of hydrogen-bond donors (Lipinski definition) is 2. The molecule has 0 aromatic carbocycles. The van der Waals surface area contributed by atoms with Crippen molar-refractivity contribution in [1.29, 1.82) is 0 Å². The van der Waals surface area contributed by atoms with E-state index in [1.165, 1.54) is 19.3 Å². The van der Waals surface area contributed by atoms with Crippen LogP contribution in [-0.2, 0) is 9.47 Å². The molecule has 7 heteroatoms. The Morgan fingerprint density at radius 3 is 2.67 bits per heavy atom. The van der Waals surface area contributed by atoms with E-state index in [4.69, 9.17) is 14.2 Å². The highest BCUT2D eigenvalue weighted by molar-refractivity contribution is 5.74. The molecule has 3 aliphatic rings. The van der Waals surface area contributed by atoms with Gasteiger partial charge < -0.3 is 24.8 Å². The quantitative estimate of drug-likeness (QED) is 0.844. The van der Waals surface area contributed by atoms with Gasteiger partial charge in [-0.3, -0.25) is 4.98 Å². The molecule has 27 heavy (non-hydrogen) atoms. The van der Waals surface area contributed by atoms with Crippen LogP contribution in [0.15, 0.2) is 12.3 Å². The maximum Gasteiger partial charge on any atom is 0.315 e. The van der Waals surface area contributed by atoms with Gasteiger partial charge >= 0.3 is 6.03 Å². The van der Waals surface area contributed by atoms with Gasteiger partial charge in [0.1, 0.15) is 18.0 Å². The smallest absolute Gasteiger partial charge is 0.315 e. The minimum atomic E-state index is -0.190. The van der Waals surface area contributed by atoms with Gasteiger partial charge in [-0.25, -0.2) is 4.79 Å². The second-order valence-electron chi connectivity index (χ2n) is 7.85. The summed E-state index contributed by atoms with van der Waals surface area (Å²) in [6, 6.07) is 1.95. The normalized spacial score (nSPS) is 30.7. The van der Waals surface area contributed by atoms with Gasteiger partial charge in [0.2, 0.25) is 0 Å². The molecule has 4 rings (SSSR count). The van der Waals surface area contributed by atoms with Crippen molar-refractivity contribution in [3.63, 3.8) is 0 Å². The topological polar surface area (TPSA) is 81.7 Å². The number of ether oxygens (including phenoxy) is 3. The average Bonchev–Trinajstić information content (AvgIpc) is 3.22. The Hall–Kier alpha value is -1.86. The van der Waals surface area contributed by atoms with Gasteiger partial charge in [0.25, 0.3) is 0 Å². The highest BCUT2D eigenvalue weighted by Crippen LogP contribution is 2.32. The summed E-state index contributed by atoms with van der Waals surface area (Å²) in [5, 5.41) is 6.13. The van der Waals surface area contributed by atoms with Gasteiger partial charge in [0.05, 0.1) is 24.9 Å². The van der Waals surface area contributed by atoms with E-state index < -0.39 is 0 Å². The molecule has 2 N–H and O–H groups in total. The third kappa shape index (κ3) is 4.04. The monoisotopic (exact) mass is 375 g/mol. The van der Waals surface area contributed by atoms with Crippen LogP contribution in [0, 0.1) is 13.8 Å². The molecule has 148 valence electrons. The second-order valence-corrected chi connectivity index (χ2v) is 7.85. The number of hydrogen-bond acceptors (Lipinski definition) is 5. The van der Waals surface area contributed by atoms with Crippen molar-refractivity contribution in [1.82, 2.24) is 15.6 Å².